The summed E-state index contributed by atoms with van der Waals surface area (Å²) in [6, 6.07) is 2.92. The van der Waals surface area contributed by atoms with Gasteiger partial charge in [0, 0.05) is 51.7 Å². The van der Waals surface area contributed by atoms with Crippen LogP contribution in [0.25, 0.3) is 16.9 Å². The van der Waals surface area contributed by atoms with Gasteiger partial charge in [-0.2, -0.15) is 13.9 Å². The summed E-state index contributed by atoms with van der Waals surface area (Å²) in [6.45, 7) is -6.10. The highest BCUT2D eigenvalue weighted by atomic mass is 19.3. The number of carbonyl (C=O) groups excluding carboxylic acids is 1. The van der Waals surface area contributed by atoms with Crippen LogP contribution in [0.15, 0.2) is 36.8 Å². The van der Waals surface area contributed by atoms with Crippen LogP contribution in [0.4, 0.5) is 13.2 Å². The predicted octanol–water partition coefficient (Wildman–Crippen LogP) is 2.90. The lowest BCUT2D eigenvalue weighted by atomic mass is 9.74. The number of aliphatic hydroxyl groups excluding tert-OH is 1. The molecule has 2 bridgehead atoms. The second kappa shape index (κ2) is 8.20. The lowest BCUT2D eigenvalue weighted by molar-refractivity contribution is -0.0505. The van der Waals surface area contributed by atoms with E-state index in [1.807, 2.05) is 0 Å². The smallest absolute Gasteiger partial charge is 0.387 e. The molecule has 3 aliphatic rings. The quantitative estimate of drug-likeness (QED) is 0.404. The molecule has 0 saturated heterocycles. The molecule has 0 spiro atoms. The summed E-state index contributed by atoms with van der Waals surface area (Å²) in [5, 5.41) is 14.1. The van der Waals surface area contributed by atoms with Crippen molar-refractivity contribution in [1.82, 2.24) is 29.5 Å². The van der Waals surface area contributed by atoms with Gasteiger partial charge in [0.05, 0.1) is 29.6 Å². The molecule has 39 heavy (non-hydrogen) atoms. The highest BCUT2D eigenvalue weighted by Crippen LogP contribution is 2.53. The maximum atomic E-state index is 15.4. The molecule has 1 fully saturated rings. The molecule has 200 valence electrons. The molecule has 2 aliphatic carbocycles. The normalized spacial score (nSPS) is 26.9. The van der Waals surface area contributed by atoms with Crippen molar-refractivity contribution >= 4 is 11.6 Å². The average Bonchev–Trinajstić information content (AvgIpc) is 3.38. The number of benzene rings is 1. The Hall–Kier alpha value is -4.10. The first-order valence-corrected chi connectivity index (χ1v) is 12.2. The summed E-state index contributed by atoms with van der Waals surface area (Å²) in [7, 11) is 0. The van der Waals surface area contributed by atoms with Gasteiger partial charge in [-0.25, -0.2) is 23.9 Å². The molecular formula is C26H22F3N7O3. The number of hydrogen-bond acceptors (Lipinski definition) is 8. The zero-order chi connectivity index (χ0) is 29.7. The number of hydrogen-bond donors (Lipinski definition) is 2. The van der Waals surface area contributed by atoms with Crippen LogP contribution in [0.3, 0.4) is 0 Å². The second-order valence-electron chi connectivity index (χ2n) is 10.1. The zero-order valence-corrected chi connectivity index (χ0v) is 20.1. The third kappa shape index (κ3) is 3.46. The van der Waals surface area contributed by atoms with Crippen molar-refractivity contribution < 1.29 is 31.9 Å². The Morgan fingerprint density at radius 2 is 2.03 bits per heavy atom. The molecule has 4 heterocycles. The second-order valence-corrected chi connectivity index (χ2v) is 10.1. The van der Waals surface area contributed by atoms with Gasteiger partial charge in [0.2, 0.25) is 0 Å². The van der Waals surface area contributed by atoms with E-state index in [2.05, 4.69) is 20.1 Å². The predicted molar refractivity (Wildman–Crippen MR) is 129 cm³/mol. The minimum Gasteiger partial charge on any atom is -0.434 e. The number of nitrogens with two attached hydrogens (primary N) is 1. The van der Waals surface area contributed by atoms with Crippen molar-refractivity contribution in [2.75, 3.05) is 6.98 Å². The Labute approximate surface area is 223 Å². The molecule has 1 aliphatic heterocycles. The number of aromatic nitrogens is 5. The summed E-state index contributed by atoms with van der Waals surface area (Å²) < 4.78 is 72.4. The van der Waals surface area contributed by atoms with Gasteiger partial charge in [0.15, 0.2) is 11.5 Å². The molecule has 1 saturated carbocycles. The van der Waals surface area contributed by atoms with Crippen LogP contribution in [0.2, 0.25) is 0 Å². The SMILES string of the molecule is [2H]C([2H])([2H])N1C(=O)c2cccc(OC(F)F)c2[C@H]2C[C@@H]1c1nn3cc(F)c(-c4cnc(C5(N)CC(O)C5)nc4)nc3c12. The third-order valence-corrected chi connectivity index (χ3v) is 7.71. The highest BCUT2D eigenvalue weighted by Gasteiger charge is 2.47. The Morgan fingerprint density at radius 3 is 2.72 bits per heavy atom. The fourth-order valence-electron chi connectivity index (χ4n) is 5.94. The van der Waals surface area contributed by atoms with Crippen molar-refractivity contribution in [1.29, 1.82) is 0 Å². The largest absolute Gasteiger partial charge is 0.434 e. The van der Waals surface area contributed by atoms with E-state index in [1.165, 1.54) is 30.6 Å². The number of ether oxygens (including phenoxy) is 1. The fraction of sp³-hybridized carbons (Fsp3) is 0.346. The Balaban J connectivity index is 1.40. The first kappa shape index (κ1) is 20.8. The number of amides is 1. The Bertz CT molecular complexity index is 1760. The van der Waals surface area contributed by atoms with Crippen LogP contribution in [-0.4, -0.2) is 60.2 Å². The van der Waals surface area contributed by atoms with Gasteiger partial charge in [-0.15, -0.1) is 0 Å². The minimum absolute atomic E-state index is 0.0194. The standard InChI is InChI=1S/C26H22F3N7O3/c1-35-16-5-14(18-13(23(35)38)3-2-4-17(18)39-25(28)29)19-21(16)34-36-10-15(27)20(33-22(19)36)11-8-31-24(32-9-11)26(30)6-12(37)7-26/h2-4,8-10,12,14,16,25,37H,5-7,30H2,1H3/t12?,14-,16-,26?/m1/s1/i1D3. The summed E-state index contributed by atoms with van der Waals surface area (Å²) in [5.74, 6) is -2.45. The minimum atomic E-state index is -3.20. The van der Waals surface area contributed by atoms with E-state index >= 15 is 4.39 Å². The van der Waals surface area contributed by atoms with Gasteiger partial charge < -0.3 is 20.5 Å². The number of halogens is 3. The lowest BCUT2D eigenvalue weighted by Gasteiger charge is -2.40. The van der Waals surface area contributed by atoms with Crippen LogP contribution in [0.1, 0.15) is 68.3 Å². The summed E-state index contributed by atoms with van der Waals surface area (Å²) in [4.78, 5) is 27.3. The Kier molecular flexibility index (Phi) is 4.37. The van der Waals surface area contributed by atoms with E-state index in [0.717, 1.165) is 10.7 Å². The van der Waals surface area contributed by atoms with Crippen molar-refractivity contribution in [2.24, 2.45) is 5.73 Å². The van der Waals surface area contributed by atoms with Gasteiger partial charge in [0.1, 0.15) is 17.3 Å². The number of carbonyl (C=O) groups is 1. The number of aliphatic hydroxyl groups is 1. The van der Waals surface area contributed by atoms with Gasteiger partial charge in [-0.3, -0.25) is 4.79 Å². The summed E-state index contributed by atoms with van der Waals surface area (Å²) >= 11 is 0. The molecule has 3 N–H and O–H groups in total. The molecule has 2 atom stereocenters. The van der Waals surface area contributed by atoms with Crippen molar-refractivity contribution in [3.05, 3.63) is 70.8 Å². The maximum Gasteiger partial charge on any atom is 0.387 e. The van der Waals surface area contributed by atoms with Gasteiger partial charge in [-0.1, -0.05) is 6.07 Å². The lowest BCUT2D eigenvalue weighted by Crippen LogP contribution is -2.52. The maximum absolute atomic E-state index is 15.4. The number of nitrogens with zero attached hydrogens (tertiary/aromatic N) is 6. The molecule has 3 aromatic heterocycles. The van der Waals surface area contributed by atoms with Gasteiger partial charge in [-0.05, 0) is 31.4 Å². The highest BCUT2D eigenvalue weighted by molar-refractivity contribution is 5.98. The third-order valence-electron chi connectivity index (χ3n) is 7.71. The van der Waals surface area contributed by atoms with E-state index in [1.54, 1.807) is 0 Å². The first-order chi connectivity index (χ1) is 19.9. The van der Waals surface area contributed by atoms with Crippen molar-refractivity contribution in [3.63, 3.8) is 0 Å². The molecule has 10 nitrogen and oxygen atoms in total. The van der Waals surface area contributed by atoms with Crippen LogP contribution in [0, 0.1) is 5.82 Å². The molecular weight excluding hydrogens is 515 g/mol. The number of fused-ring (bicyclic) bond motifs is 9. The Morgan fingerprint density at radius 1 is 1.26 bits per heavy atom. The van der Waals surface area contributed by atoms with Crippen molar-refractivity contribution in [2.45, 2.75) is 49.5 Å². The molecule has 7 rings (SSSR count). The molecule has 0 radical (unpaired) electrons. The van der Waals surface area contributed by atoms with Crippen molar-refractivity contribution in [3.8, 4) is 17.0 Å². The van der Waals surface area contributed by atoms with Gasteiger partial charge >= 0.3 is 6.61 Å². The van der Waals surface area contributed by atoms with Crippen LogP contribution in [-0.2, 0) is 5.54 Å². The molecule has 4 aromatic rings. The van der Waals surface area contributed by atoms with Crippen LogP contribution < -0.4 is 10.5 Å². The van der Waals surface area contributed by atoms with E-state index in [0.29, 0.717) is 29.1 Å². The van der Waals surface area contributed by atoms with Crippen LogP contribution >= 0.6 is 0 Å². The zero-order valence-electron chi connectivity index (χ0n) is 23.1. The average molecular weight is 541 g/mol. The molecule has 1 amide bonds. The number of alkyl halides is 2. The van der Waals surface area contributed by atoms with Crippen LogP contribution in [0.5, 0.6) is 5.75 Å². The van der Waals surface area contributed by atoms with Gasteiger partial charge in [0.25, 0.3) is 5.91 Å². The monoisotopic (exact) mass is 540 g/mol. The molecule has 0 unspecified atom stereocenters. The topological polar surface area (TPSA) is 132 Å². The fourth-order valence-corrected chi connectivity index (χ4v) is 5.94. The molecule has 13 heteroatoms. The van der Waals surface area contributed by atoms with E-state index in [9.17, 15) is 18.7 Å². The molecule has 1 aromatic carbocycles. The van der Waals surface area contributed by atoms with E-state index < -0.39 is 48.9 Å². The first-order valence-electron chi connectivity index (χ1n) is 13.7. The van der Waals surface area contributed by atoms with E-state index in [-0.39, 0.29) is 45.9 Å². The number of rotatable bonds is 4. The summed E-state index contributed by atoms with van der Waals surface area (Å²) in [6.07, 6.45) is 3.86. The summed E-state index contributed by atoms with van der Waals surface area (Å²) in [5.41, 5.74) is 6.13. The van der Waals surface area contributed by atoms with E-state index in [4.69, 9.17) is 14.6 Å².